The van der Waals surface area contributed by atoms with Gasteiger partial charge < -0.3 is 10.4 Å². The van der Waals surface area contributed by atoms with Crippen LogP contribution in [0.25, 0.3) is 0 Å². The Balaban J connectivity index is 3.10. The monoisotopic (exact) mass is 199 g/mol. The quantitative estimate of drug-likeness (QED) is 0.729. The number of hydrogen-bond acceptors (Lipinski definition) is 2. The molecule has 0 atom stereocenters. The number of aryl methyl sites for hydroxylation is 1. The molecule has 0 spiro atoms. The maximum absolute atomic E-state index is 10.7. The van der Waals surface area contributed by atoms with Gasteiger partial charge in [-0.25, -0.2) is 0 Å². The number of halogens is 1. The summed E-state index contributed by atoms with van der Waals surface area (Å²) in [6.45, 7) is 3.12. The van der Waals surface area contributed by atoms with Gasteiger partial charge in [-0.3, -0.25) is 4.79 Å². The Morgan fingerprint density at radius 2 is 2.15 bits per heavy atom. The molecule has 1 rings (SSSR count). The summed E-state index contributed by atoms with van der Waals surface area (Å²) in [6, 6.07) is 3.34. The van der Waals surface area contributed by atoms with Crippen LogP contribution < -0.4 is 5.32 Å². The number of anilines is 1. The molecular weight excluding hydrogens is 190 g/mol. The molecular formula is C9H10ClNO2. The number of hydrogen-bond donors (Lipinski definition) is 2. The molecule has 0 radical (unpaired) electrons. The molecule has 1 aromatic carbocycles. The Hall–Kier alpha value is -1.22. The molecule has 4 heteroatoms. The number of nitrogens with one attached hydrogen (secondary N) is 1. The fraction of sp³-hybridized carbons (Fsp3) is 0.222. The van der Waals surface area contributed by atoms with Gasteiger partial charge in [-0.05, 0) is 18.6 Å². The number of carbonyl (C=O) groups excluding carboxylic acids is 1. The number of phenols is 1. The van der Waals surface area contributed by atoms with E-state index in [1.807, 2.05) is 0 Å². The summed E-state index contributed by atoms with van der Waals surface area (Å²) >= 11 is 5.78. The van der Waals surface area contributed by atoms with E-state index >= 15 is 0 Å². The van der Waals surface area contributed by atoms with E-state index in [1.54, 1.807) is 19.1 Å². The topological polar surface area (TPSA) is 49.3 Å². The summed E-state index contributed by atoms with van der Waals surface area (Å²) in [5.74, 6) is -0.210. The van der Waals surface area contributed by atoms with Crippen LogP contribution in [0.4, 0.5) is 5.69 Å². The molecule has 0 saturated carbocycles. The lowest BCUT2D eigenvalue weighted by atomic mass is 10.2. The summed E-state index contributed by atoms with van der Waals surface area (Å²) < 4.78 is 0. The van der Waals surface area contributed by atoms with Crippen LogP contribution in [-0.2, 0) is 4.79 Å². The SMILES string of the molecule is CC(=O)Nc1ccc(C)c(O)c1Cl. The van der Waals surface area contributed by atoms with Crippen LogP contribution >= 0.6 is 11.6 Å². The van der Waals surface area contributed by atoms with Crippen molar-refractivity contribution in [3.05, 3.63) is 22.7 Å². The first kappa shape index (κ1) is 9.86. The van der Waals surface area contributed by atoms with Crippen LogP contribution in [0, 0.1) is 6.92 Å². The molecule has 0 fully saturated rings. The Morgan fingerprint density at radius 3 is 2.69 bits per heavy atom. The van der Waals surface area contributed by atoms with Crippen molar-refractivity contribution in [3.63, 3.8) is 0 Å². The second-order valence-electron chi connectivity index (χ2n) is 2.77. The number of phenolic OH excluding ortho intramolecular Hbond substituents is 1. The predicted octanol–water partition coefficient (Wildman–Crippen LogP) is 2.31. The van der Waals surface area contributed by atoms with Crippen molar-refractivity contribution in [2.45, 2.75) is 13.8 Å². The highest BCUT2D eigenvalue weighted by Crippen LogP contribution is 2.33. The zero-order valence-electron chi connectivity index (χ0n) is 7.39. The van der Waals surface area contributed by atoms with E-state index in [1.165, 1.54) is 6.92 Å². The third-order valence-corrected chi connectivity index (χ3v) is 2.01. The number of benzene rings is 1. The second-order valence-corrected chi connectivity index (χ2v) is 3.15. The zero-order chi connectivity index (χ0) is 10.0. The molecule has 70 valence electrons. The lowest BCUT2D eigenvalue weighted by molar-refractivity contribution is -0.114. The predicted molar refractivity (Wildman–Crippen MR) is 52.2 cm³/mol. The molecule has 13 heavy (non-hydrogen) atoms. The van der Waals surface area contributed by atoms with E-state index < -0.39 is 0 Å². The fourth-order valence-electron chi connectivity index (χ4n) is 0.947. The van der Waals surface area contributed by atoms with Gasteiger partial charge in [0.25, 0.3) is 0 Å². The Bertz CT molecular complexity index is 350. The molecule has 1 amide bonds. The second kappa shape index (κ2) is 3.66. The van der Waals surface area contributed by atoms with Crippen molar-refractivity contribution in [2.24, 2.45) is 0 Å². The van der Waals surface area contributed by atoms with Crippen molar-refractivity contribution < 1.29 is 9.90 Å². The van der Waals surface area contributed by atoms with Crippen molar-refractivity contribution in [1.82, 2.24) is 0 Å². The maximum Gasteiger partial charge on any atom is 0.221 e. The molecule has 3 nitrogen and oxygen atoms in total. The number of amides is 1. The van der Waals surface area contributed by atoms with Gasteiger partial charge in [0.05, 0.1) is 5.69 Å². The molecule has 1 aromatic rings. The van der Waals surface area contributed by atoms with Crippen molar-refractivity contribution in [1.29, 1.82) is 0 Å². The molecule has 2 N–H and O–H groups in total. The van der Waals surface area contributed by atoms with E-state index in [4.69, 9.17) is 11.6 Å². The average Bonchev–Trinajstić information content (AvgIpc) is 2.06. The van der Waals surface area contributed by atoms with Crippen molar-refractivity contribution in [3.8, 4) is 5.75 Å². The van der Waals surface area contributed by atoms with Crippen molar-refractivity contribution in [2.75, 3.05) is 5.32 Å². The lowest BCUT2D eigenvalue weighted by Crippen LogP contribution is -2.06. The van der Waals surface area contributed by atoms with E-state index in [0.717, 1.165) is 0 Å². The summed E-state index contributed by atoms with van der Waals surface area (Å²) in [4.78, 5) is 10.7. The first-order chi connectivity index (χ1) is 6.02. The molecule has 0 aliphatic carbocycles. The fourth-order valence-corrected chi connectivity index (χ4v) is 1.21. The van der Waals surface area contributed by atoms with Gasteiger partial charge in [0, 0.05) is 6.92 Å². The largest absolute Gasteiger partial charge is 0.506 e. The Kier molecular flexibility index (Phi) is 2.78. The van der Waals surface area contributed by atoms with Crippen LogP contribution in [0.15, 0.2) is 12.1 Å². The maximum atomic E-state index is 10.7. The minimum absolute atomic E-state index is 0.00733. The summed E-state index contributed by atoms with van der Waals surface area (Å²) in [6.07, 6.45) is 0. The van der Waals surface area contributed by atoms with Crippen LogP contribution in [0.5, 0.6) is 5.75 Å². The van der Waals surface area contributed by atoms with Crippen LogP contribution in [0.2, 0.25) is 5.02 Å². The Labute approximate surface area is 81.3 Å². The molecule has 0 aromatic heterocycles. The third kappa shape index (κ3) is 2.12. The van der Waals surface area contributed by atoms with E-state index in [0.29, 0.717) is 11.3 Å². The van der Waals surface area contributed by atoms with Crippen LogP contribution in [0.1, 0.15) is 12.5 Å². The van der Waals surface area contributed by atoms with Gasteiger partial charge in [-0.1, -0.05) is 17.7 Å². The van der Waals surface area contributed by atoms with Gasteiger partial charge >= 0.3 is 0 Å². The highest BCUT2D eigenvalue weighted by Gasteiger charge is 2.08. The minimum atomic E-state index is -0.217. The first-order valence-electron chi connectivity index (χ1n) is 3.78. The summed E-state index contributed by atoms with van der Waals surface area (Å²) in [7, 11) is 0. The third-order valence-electron chi connectivity index (χ3n) is 1.63. The lowest BCUT2D eigenvalue weighted by Gasteiger charge is -2.07. The van der Waals surface area contributed by atoms with E-state index in [2.05, 4.69) is 5.32 Å². The molecule has 0 saturated heterocycles. The van der Waals surface area contributed by atoms with Gasteiger partial charge in [0.15, 0.2) is 0 Å². The summed E-state index contributed by atoms with van der Waals surface area (Å²) in [5, 5.41) is 12.1. The standard InChI is InChI=1S/C9H10ClNO2/c1-5-3-4-7(11-6(2)12)8(10)9(5)13/h3-4,13H,1-2H3,(H,11,12). The first-order valence-corrected chi connectivity index (χ1v) is 4.16. The van der Waals surface area contributed by atoms with Gasteiger partial charge in [-0.2, -0.15) is 0 Å². The molecule has 0 aliphatic heterocycles. The smallest absolute Gasteiger partial charge is 0.221 e. The van der Waals surface area contributed by atoms with Gasteiger partial charge in [0.1, 0.15) is 10.8 Å². The highest BCUT2D eigenvalue weighted by molar-refractivity contribution is 6.35. The molecule has 0 aliphatic rings. The van der Waals surface area contributed by atoms with Gasteiger partial charge in [0.2, 0.25) is 5.91 Å². The van der Waals surface area contributed by atoms with E-state index in [9.17, 15) is 9.90 Å². The molecule has 0 bridgehead atoms. The van der Waals surface area contributed by atoms with E-state index in [-0.39, 0.29) is 16.7 Å². The normalized spacial score (nSPS) is 9.77. The zero-order valence-corrected chi connectivity index (χ0v) is 8.14. The Morgan fingerprint density at radius 1 is 1.54 bits per heavy atom. The highest BCUT2D eigenvalue weighted by atomic mass is 35.5. The average molecular weight is 200 g/mol. The van der Waals surface area contributed by atoms with Gasteiger partial charge in [-0.15, -0.1) is 0 Å². The van der Waals surface area contributed by atoms with Crippen molar-refractivity contribution >= 4 is 23.2 Å². The van der Waals surface area contributed by atoms with Crippen LogP contribution in [-0.4, -0.2) is 11.0 Å². The molecule has 0 heterocycles. The number of aromatic hydroxyl groups is 1. The molecule has 0 unspecified atom stereocenters. The summed E-state index contributed by atoms with van der Waals surface area (Å²) in [5.41, 5.74) is 1.11. The minimum Gasteiger partial charge on any atom is -0.506 e. The number of carbonyl (C=O) groups is 1. The number of rotatable bonds is 1. The van der Waals surface area contributed by atoms with Crippen LogP contribution in [0.3, 0.4) is 0 Å².